The van der Waals surface area contributed by atoms with Crippen molar-refractivity contribution in [2.45, 2.75) is 0 Å². The van der Waals surface area contributed by atoms with Crippen LogP contribution in [0.2, 0.25) is 0 Å². The number of benzene rings is 2. The Hall–Kier alpha value is -3.49. The lowest BCUT2D eigenvalue weighted by Crippen LogP contribution is -2.04. The van der Waals surface area contributed by atoms with Crippen molar-refractivity contribution in [3.63, 3.8) is 0 Å². The average molecular weight is 310 g/mol. The van der Waals surface area contributed by atoms with E-state index in [-0.39, 0.29) is 0 Å². The summed E-state index contributed by atoms with van der Waals surface area (Å²) in [4.78, 5) is 12.2. The van der Waals surface area contributed by atoms with Crippen molar-refractivity contribution in [1.82, 2.24) is 0 Å². The molecule has 8 N–H and O–H groups in total. The number of phenols is 8. The largest absolute Gasteiger partial charge is 0.507 e. The number of hydrogen-bond donors (Lipinski definition) is 8. The van der Waals surface area contributed by atoms with E-state index in [9.17, 15) is 45.6 Å². The van der Waals surface area contributed by atoms with Crippen molar-refractivity contribution in [3.8, 4) is 46.0 Å². The first-order valence-corrected chi connectivity index (χ1v) is 5.65. The summed E-state index contributed by atoms with van der Waals surface area (Å²) in [7, 11) is 0. The SMILES string of the molecule is O=C(c1c(O)cc(O)c(O)c1O)c1c(O)cc(O)c(O)c1O. The lowest BCUT2D eigenvalue weighted by atomic mass is 9.98. The fourth-order valence-corrected chi connectivity index (χ4v) is 1.83. The summed E-state index contributed by atoms with van der Waals surface area (Å²) in [5.74, 6) is -9.72. The average Bonchev–Trinajstić information content (AvgIpc) is 2.42. The number of rotatable bonds is 2. The zero-order chi connectivity index (χ0) is 16.8. The molecule has 0 heterocycles. The summed E-state index contributed by atoms with van der Waals surface area (Å²) >= 11 is 0. The first kappa shape index (κ1) is 14.9. The van der Waals surface area contributed by atoms with E-state index in [1.807, 2.05) is 0 Å². The second-order valence-corrected chi connectivity index (χ2v) is 4.30. The Morgan fingerprint density at radius 1 is 0.545 bits per heavy atom. The molecule has 0 saturated carbocycles. The van der Waals surface area contributed by atoms with Gasteiger partial charge in [-0.25, -0.2) is 0 Å². The number of ketones is 1. The van der Waals surface area contributed by atoms with Gasteiger partial charge in [-0.15, -0.1) is 0 Å². The second-order valence-electron chi connectivity index (χ2n) is 4.30. The van der Waals surface area contributed by atoms with Gasteiger partial charge < -0.3 is 40.9 Å². The molecule has 0 bridgehead atoms. The summed E-state index contributed by atoms with van der Waals surface area (Å²) in [5.41, 5.74) is -1.88. The minimum Gasteiger partial charge on any atom is -0.507 e. The van der Waals surface area contributed by atoms with E-state index in [1.54, 1.807) is 0 Å². The van der Waals surface area contributed by atoms with Crippen molar-refractivity contribution in [3.05, 3.63) is 23.3 Å². The van der Waals surface area contributed by atoms with Gasteiger partial charge in [0, 0.05) is 12.1 Å². The molecule has 0 fully saturated rings. The van der Waals surface area contributed by atoms with Gasteiger partial charge in [0.25, 0.3) is 0 Å². The minimum atomic E-state index is -1.38. The molecule has 9 nitrogen and oxygen atoms in total. The minimum absolute atomic E-state index is 0.552. The van der Waals surface area contributed by atoms with Gasteiger partial charge in [0.05, 0.1) is 0 Å². The predicted molar refractivity (Wildman–Crippen MR) is 69.6 cm³/mol. The van der Waals surface area contributed by atoms with Gasteiger partial charge in [0.15, 0.2) is 23.0 Å². The van der Waals surface area contributed by atoms with Gasteiger partial charge in [-0.2, -0.15) is 0 Å². The molecular weight excluding hydrogens is 300 g/mol. The van der Waals surface area contributed by atoms with Crippen LogP contribution in [0, 0.1) is 0 Å². The van der Waals surface area contributed by atoms with Crippen LogP contribution in [0.15, 0.2) is 12.1 Å². The molecule has 0 atom stereocenters. The van der Waals surface area contributed by atoms with Crippen molar-refractivity contribution >= 4 is 5.78 Å². The lowest BCUT2D eigenvalue weighted by molar-refractivity contribution is 0.102. The molecule has 0 unspecified atom stereocenters. The molecule has 0 saturated heterocycles. The number of aromatic hydroxyl groups is 8. The Morgan fingerprint density at radius 3 is 1.18 bits per heavy atom. The van der Waals surface area contributed by atoms with Crippen molar-refractivity contribution in [1.29, 1.82) is 0 Å². The molecule has 0 aliphatic heterocycles. The van der Waals surface area contributed by atoms with Crippen LogP contribution in [0.4, 0.5) is 0 Å². The van der Waals surface area contributed by atoms with E-state index in [1.165, 1.54) is 0 Å². The van der Waals surface area contributed by atoms with Crippen LogP contribution >= 0.6 is 0 Å². The van der Waals surface area contributed by atoms with E-state index in [0.717, 1.165) is 0 Å². The second kappa shape index (κ2) is 4.81. The van der Waals surface area contributed by atoms with Crippen LogP contribution in [0.5, 0.6) is 46.0 Å². The molecule has 0 aliphatic carbocycles. The number of carbonyl (C=O) groups excluding carboxylic acids is 1. The zero-order valence-electron chi connectivity index (χ0n) is 10.6. The molecule has 0 spiro atoms. The normalized spacial score (nSPS) is 10.5. The van der Waals surface area contributed by atoms with Gasteiger partial charge >= 0.3 is 0 Å². The van der Waals surface area contributed by atoms with E-state index in [4.69, 9.17) is 0 Å². The van der Waals surface area contributed by atoms with Crippen molar-refractivity contribution < 1.29 is 45.6 Å². The topological polar surface area (TPSA) is 179 Å². The highest BCUT2D eigenvalue weighted by molar-refractivity contribution is 6.16. The maximum atomic E-state index is 12.2. The van der Waals surface area contributed by atoms with E-state index in [2.05, 4.69) is 0 Å². The third-order valence-corrected chi connectivity index (χ3v) is 2.92. The smallest absolute Gasteiger partial charge is 0.208 e. The monoisotopic (exact) mass is 310 g/mol. The molecule has 22 heavy (non-hydrogen) atoms. The predicted octanol–water partition coefficient (Wildman–Crippen LogP) is 0.562. The van der Waals surface area contributed by atoms with Crippen LogP contribution in [-0.2, 0) is 0 Å². The van der Waals surface area contributed by atoms with Gasteiger partial charge in [-0.05, 0) is 0 Å². The van der Waals surface area contributed by atoms with Crippen LogP contribution in [0.3, 0.4) is 0 Å². The standard InChI is InChI=1S/C13H10O9/c14-3-1-5(16)9(18)12(21)7(3)11(20)8-4(15)2-6(17)10(19)13(8)22/h1-2,14-19,21-22H. The molecule has 0 radical (unpaired) electrons. The lowest BCUT2D eigenvalue weighted by Gasteiger charge is -2.12. The number of carbonyl (C=O) groups is 1. The summed E-state index contributed by atoms with van der Waals surface area (Å²) < 4.78 is 0. The molecule has 0 amide bonds. The van der Waals surface area contributed by atoms with Crippen LogP contribution in [0.1, 0.15) is 15.9 Å². The van der Waals surface area contributed by atoms with Crippen LogP contribution < -0.4 is 0 Å². The Bertz CT molecular complexity index is 730. The molecule has 0 aliphatic rings. The first-order chi connectivity index (χ1) is 10.2. The summed E-state index contributed by atoms with van der Waals surface area (Å²) in [5, 5.41) is 75.6. The molecule has 9 heteroatoms. The number of phenolic OH excluding ortho intramolecular Hbond substituents is 8. The summed E-state index contributed by atoms with van der Waals surface area (Å²) in [6.45, 7) is 0. The highest BCUT2D eigenvalue weighted by Gasteiger charge is 2.30. The highest BCUT2D eigenvalue weighted by Crippen LogP contribution is 2.48. The van der Waals surface area contributed by atoms with Crippen molar-refractivity contribution in [2.24, 2.45) is 0 Å². The Labute approximate surface area is 121 Å². The van der Waals surface area contributed by atoms with Gasteiger partial charge in [0.1, 0.15) is 22.6 Å². The van der Waals surface area contributed by atoms with Gasteiger partial charge in [-0.3, -0.25) is 4.79 Å². The van der Waals surface area contributed by atoms with Crippen LogP contribution in [-0.4, -0.2) is 46.6 Å². The Balaban J connectivity index is 2.75. The van der Waals surface area contributed by atoms with Gasteiger partial charge in [-0.1, -0.05) is 0 Å². The number of hydrogen-bond acceptors (Lipinski definition) is 9. The highest BCUT2D eigenvalue weighted by atomic mass is 16.3. The van der Waals surface area contributed by atoms with E-state index in [0.29, 0.717) is 12.1 Å². The van der Waals surface area contributed by atoms with E-state index >= 15 is 0 Å². The van der Waals surface area contributed by atoms with Crippen LogP contribution in [0.25, 0.3) is 0 Å². The van der Waals surface area contributed by atoms with Gasteiger partial charge in [0.2, 0.25) is 17.3 Å². The molecule has 2 rings (SSSR count). The fraction of sp³-hybridized carbons (Fsp3) is 0. The maximum Gasteiger partial charge on any atom is 0.208 e. The molecule has 116 valence electrons. The fourth-order valence-electron chi connectivity index (χ4n) is 1.83. The molecule has 0 aromatic heterocycles. The quantitative estimate of drug-likeness (QED) is 0.223. The molecule has 2 aromatic carbocycles. The summed E-state index contributed by atoms with van der Waals surface area (Å²) in [6, 6.07) is 1.10. The summed E-state index contributed by atoms with van der Waals surface area (Å²) in [6.07, 6.45) is 0. The van der Waals surface area contributed by atoms with E-state index < -0.39 is 62.9 Å². The third-order valence-electron chi connectivity index (χ3n) is 2.92. The molecule has 2 aromatic rings. The third kappa shape index (κ3) is 2.00. The Morgan fingerprint density at radius 2 is 0.864 bits per heavy atom. The Kier molecular flexibility index (Phi) is 3.26. The molecular formula is C13H10O9. The zero-order valence-corrected chi connectivity index (χ0v) is 10.6. The maximum absolute atomic E-state index is 12.2. The van der Waals surface area contributed by atoms with Crippen molar-refractivity contribution in [2.75, 3.05) is 0 Å². The first-order valence-electron chi connectivity index (χ1n) is 5.65.